The summed E-state index contributed by atoms with van der Waals surface area (Å²) in [6.07, 6.45) is 0.948. The van der Waals surface area contributed by atoms with Gasteiger partial charge in [-0.05, 0) is 54.9 Å². The van der Waals surface area contributed by atoms with Crippen LogP contribution in [0.15, 0.2) is 22.7 Å². The molecule has 4 heteroatoms. The van der Waals surface area contributed by atoms with Gasteiger partial charge < -0.3 is 10.1 Å². The van der Waals surface area contributed by atoms with Crippen LogP contribution in [-0.2, 0) is 11.2 Å². The Morgan fingerprint density at radius 1 is 1.41 bits per heavy atom. The lowest BCUT2D eigenvalue weighted by molar-refractivity contribution is 0.0627. The Hall–Kier alpha value is -0.450. The van der Waals surface area contributed by atoms with E-state index in [1.165, 1.54) is 6.07 Å². The molecule has 0 aromatic heterocycles. The number of rotatable bonds is 6. The monoisotopic (exact) mass is 303 g/mol. The SMILES string of the molecule is CNC(COC(C)C)Cc1cccc(F)c1Br. The Bertz CT molecular complexity index is 357. The van der Waals surface area contributed by atoms with E-state index in [2.05, 4.69) is 21.2 Å². The van der Waals surface area contributed by atoms with Gasteiger partial charge in [0.05, 0.1) is 17.2 Å². The minimum absolute atomic E-state index is 0.190. The highest BCUT2D eigenvalue weighted by Gasteiger charge is 2.12. The largest absolute Gasteiger partial charge is 0.377 e. The van der Waals surface area contributed by atoms with Gasteiger partial charge in [-0.15, -0.1) is 0 Å². The van der Waals surface area contributed by atoms with Crippen molar-refractivity contribution in [1.82, 2.24) is 5.32 Å². The molecule has 1 rings (SSSR count). The molecule has 96 valence electrons. The molecule has 0 aliphatic heterocycles. The van der Waals surface area contributed by atoms with Gasteiger partial charge in [0.15, 0.2) is 0 Å². The van der Waals surface area contributed by atoms with E-state index in [4.69, 9.17) is 4.74 Å². The fourth-order valence-electron chi connectivity index (χ4n) is 1.52. The Labute approximate surface area is 111 Å². The lowest BCUT2D eigenvalue weighted by Gasteiger charge is -2.18. The maximum atomic E-state index is 13.3. The number of ether oxygens (including phenoxy) is 1. The zero-order valence-electron chi connectivity index (χ0n) is 10.5. The van der Waals surface area contributed by atoms with Gasteiger partial charge in [-0.1, -0.05) is 12.1 Å². The summed E-state index contributed by atoms with van der Waals surface area (Å²) >= 11 is 3.27. The molecule has 0 saturated carbocycles. The van der Waals surface area contributed by atoms with E-state index in [9.17, 15) is 4.39 Å². The van der Waals surface area contributed by atoms with E-state index < -0.39 is 0 Å². The molecule has 17 heavy (non-hydrogen) atoms. The highest BCUT2D eigenvalue weighted by atomic mass is 79.9. The smallest absolute Gasteiger partial charge is 0.137 e. The summed E-state index contributed by atoms with van der Waals surface area (Å²) in [7, 11) is 1.89. The van der Waals surface area contributed by atoms with Crippen LogP contribution < -0.4 is 5.32 Å². The Morgan fingerprint density at radius 2 is 2.12 bits per heavy atom. The van der Waals surface area contributed by atoms with Crippen molar-refractivity contribution >= 4 is 15.9 Å². The lowest BCUT2D eigenvalue weighted by Crippen LogP contribution is -2.33. The van der Waals surface area contributed by atoms with Crippen molar-refractivity contribution in [1.29, 1.82) is 0 Å². The normalized spacial score (nSPS) is 13.1. The summed E-state index contributed by atoms with van der Waals surface area (Å²) in [5, 5.41) is 3.18. The molecule has 1 N–H and O–H groups in total. The second-order valence-corrected chi connectivity index (χ2v) is 5.08. The molecular formula is C13H19BrFNO. The maximum Gasteiger partial charge on any atom is 0.137 e. The number of likely N-dealkylation sites (N-methyl/N-ethyl adjacent to an activating group) is 1. The van der Waals surface area contributed by atoms with Gasteiger partial charge in [-0.25, -0.2) is 4.39 Å². The summed E-state index contributed by atoms with van der Waals surface area (Å²) in [4.78, 5) is 0. The summed E-state index contributed by atoms with van der Waals surface area (Å²) in [5.74, 6) is -0.220. The fourth-order valence-corrected chi connectivity index (χ4v) is 1.95. The maximum absolute atomic E-state index is 13.3. The van der Waals surface area contributed by atoms with Crippen LogP contribution in [0.2, 0.25) is 0 Å². The molecule has 1 aromatic rings. The molecule has 1 atom stereocenters. The molecule has 0 saturated heterocycles. The second kappa shape index (κ2) is 7.09. The van der Waals surface area contributed by atoms with Crippen LogP contribution in [0.5, 0.6) is 0 Å². The van der Waals surface area contributed by atoms with Crippen LogP contribution in [0.3, 0.4) is 0 Å². The lowest BCUT2D eigenvalue weighted by atomic mass is 10.1. The summed E-state index contributed by atoms with van der Waals surface area (Å²) in [6.45, 7) is 4.63. The van der Waals surface area contributed by atoms with Crippen molar-refractivity contribution in [3.63, 3.8) is 0 Å². The van der Waals surface area contributed by atoms with E-state index in [1.807, 2.05) is 27.0 Å². The van der Waals surface area contributed by atoms with Crippen molar-refractivity contribution in [2.24, 2.45) is 0 Å². The molecule has 0 fully saturated rings. The van der Waals surface area contributed by atoms with Gasteiger partial charge in [-0.2, -0.15) is 0 Å². The number of hydrogen-bond acceptors (Lipinski definition) is 2. The van der Waals surface area contributed by atoms with E-state index in [0.717, 1.165) is 12.0 Å². The fraction of sp³-hybridized carbons (Fsp3) is 0.538. The van der Waals surface area contributed by atoms with Gasteiger partial charge in [0.2, 0.25) is 0 Å². The molecule has 0 spiro atoms. The number of hydrogen-bond donors (Lipinski definition) is 1. The predicted molar refractivity (Wildman–Crippen MR) is 71.7 cm³/mol. The zero-order valence-corrected chi connectivity index (χ0v) is 12.1. The molecule has 0 heterocycles. The molecule has 0 aliphatic carbocycles. The average Bonchev–Trinajstić information content (AvgIpc) is 2.29. The van der Waals surface area contributed by atoms with Crippen LogP contribution in [0.4, 0.5) is 4.39 Å². The summed E-state index contributed by atoms with van der Waals surface area (Å²) < 4.78 is 19.5. The van der Waals surface area contributed by atoms with Crippen LogP contribution in [0, 0.1) is 5.82 Å². The third-order valence-corrected chi connectivity index (χ3v) is 3.42. The second-order valence-electron chi connectivity index (χ2n) is 4.28. The van der Waals surface area contributed by atoms with Crippen LogP contribution in [-0.4, -0.2) is 25.8 Å². The summed E-state index contributed by atoms with van der Waals surface area (Å²) in [5.41, 5.74) is 0.955. The van der Waals surface area contributed by atoms with Crippen molar-refractivity contribution in [2.45, 2.75) is 32.4 Å². The van der Waals surface area contributed by atoms with Gasteiger partial charge in [0.1, 0.15) is 5.82 Å². The predicted octanol–water partition coefficient (Wildman–Crippen LogP) is 3.14. The van der Waals surface area contributed by atoms with Gasteiger partial charge >= 0.3 is 0 Å². The first-order chi connectivity index (χ1) is 8.04. The first-order valence-corrected chi connectivity index (χ1v) is 6.55. The molecule has 1 aromatic carbocycles. The first kappa shape index (κ1) is 14.6. The number of halogens is 2. The molecule has 0 amide bonds. The minimum Gasteiger partial charge on any atom is -0.377 e. The van der Waals surface area contributed by atoms with E-state index >= 15 is 0 Å². The summed E-state index contributed by atoms with van der Waals surface area (Å²) in [6, 6.07) is 5.29. The van der Waals surface area contributed by atoms with Crippen molar-refractivity contribution in [3.8, 4) is 0 Å². The van der Waals surface area contributed by atoms with Gasteiger partial charge in [-0.3, -0.25) is 0 Å². The molecule has 0 radical (unpaired) electrons. The van der Waals surface area contributed by atoms with Crippen molar-refractivity contribution in [2.75, 3.05) is 13.7 Å². The molecular weight excluding hydrogens is 285 g/mol. The van der Waals surface area contributed by atoms with Gasteiger partial charge in [0, 0.05) is 6.04 Å². The molecule has 0 aliphatic rings. The average molecular weight is 304 g/mol. The molecule has 0 bridgehead atoms. The van der Waals surface area contributed by atoms with Crippen LogP contribution in [0.1, 0.15) is 19.4 Å². The Morgan fingerprint density at radius 3 is 2.71 bits per heavy atom. The standard InChI is InChI=1S/C13H19BrFNO/c1-9(2)17-8-11(16-3)7-10-5-4-6-12(15)13(10)14/h4-6,9,11,16H,7-8H2,1-3H3. The van der Waals surface area contributed by atoms with E-state index in [1.54, 1.807) is 6.07 Å². The topological polar surface area (TPSA) is 21.3 Å². The zero-order chi connectivity index (χ0) is 12.8. The highest BCUT2D eigenvalue weighted by molar-refractivity contribution is 9.10. The minimum atomic E-state index is -0.220. The Balaban J connectivity index is 2.64. The molecule has 2 nitrogen and oxygen atoms in total. The third kappa shape index (κ3) is 4.74. The van der Waals surface area contributed by atoms with E-state index in [-0.39, 0.29) is 18.0 Å². The van der Waals surface area contributed by atoms with E-state index in [0.29, 0.717) is 11.1 Å². The van der Waals surface area contributed by atoms with Crippen LogP contribution in [0.25, 0.3) is 0 Å². The van der Waals surface area contributed by atoms with Crippen LogP contribution >= 0.6 is 15.9 Å². The third-order valence-electron chi connectivity index (χ3n) is 2.54. The number of nitrogens with one attached hydrogen (secondary N) is 1. The quantitative estimate of drug-likeness (QED) is 0.872. The van der Waals surface area contributed by atoms with Gasteiger partial charge in [0.25, 0.3) is 0 Å². The first-order valence-electron chi connectivity index (χ1n) is 5.76. The molecule has 1 unspecified atom stereocenters. The number of benzene rings is 1. The highest BCUT2D eigenvalue weighted by Crippen LogP contribution is 2.21. The Kier molecular flexibility index (Phi) is 6.09. The van der Waals surface area contributed by atoms with Crippen molar-refractivity contribution < 1.29 is 9.13 Å². The van der Waals surface area contributed by atoms with Crippen molar-refractivity contribution in [3.05, 3.63) is 34.1 Å².